The van der Waals surface area contributed by atoms with Crippen molar-refractivity contribution in [2.24, 2.45) is 4.99 Å². The Morgan fingerprint density at radius 3 is 2.72 bits per heavy atom. The number of carbonyl (C=O) groups excluding carboxylic acids is 1. The van der Waals surface area contributed by atoms with Crippen LogP contribution in [0.5, 0.6) is 0 Å². The molecular weight excluding hydrogens is 320 g/mol. The highest BCUT2D eigenvalue weighted by Gasteiger charge is 2.22. The molecule has 1 amide bonds. The maximum atomic E-state index is 12.5. The van der Waals surface area contributed by atoms with Crippen LogP contribution in [0.3, 0.4) is 0 Å². The molecule has 0 aliphatic heterocycles. The van der Waals surface area contributed by atoms with E-state index in [1.54, 1.807) is 26.8 Å². The molecule has 1 aromatic heterocycles. The maximum absolute atomic E-state index is 12.5. The molecule has 0 bridgehead atoms. The van der Waals surface area contributed by atoms with E-state index in [1.807, 2.05) is 6.92 Å². The Hall–Kier alpha value is -2.48. The van der Waals surface area contributed by atoms with E-state index in [4.69, 9.17) is 5.73 Å². The smallest absolute Gasteiger partial charge is 0.242 e. The predicted molar refractivity (Wildman–Crippen MR) is 101 cm³/mol. The summed E-state index contributed by atoms with van der Waals surface area (Å²) in [5, 5.41) is 15.6. The van der Waals surface area contributed by atoms with Gasteiger partial charge in [-0.15, -0.1) is 0 Å². The molecule has 0 saturated carbocycles. The van der Waals surface area contributed by atoms with Crippen molar-refractivity contribution in [3.8, 4) is 0 Å². The van der Waals surface area contributed by atoms with Crippen molar-refractivity contribution in [1.29, 1.82) is 0 Å². The Kier molecular flexibility index (Phi) is 7.50. The van der Waals surface area contributed by atoms with Gasteiger partial charge in [0.1, 0.15) is 11.7 Å². The number of nitrogens with zero attached hydrogens (tertiary/aromatic N) is 3. The lowest BCUT2D eigenvalue weighted by Gasteiger charge is -2.23. The van der Waals surface area contributed by atoms with Gasteiger partial charge in [0.05, 0.1) is 11.3 Å². The molecule has 25 heavy (non-hydrogen) atoms. The number of aromatic nitrogens is 2. The first-order chi connectivity index (χ1) is 11.7. The van der Waals surface area contributed by atoms with Crippen molar-refractivity contribution in [2.75, 3.05) is 17.6 Å². The summed E-state index contributed by atoms with van der Waals surface area (Å²) < 4.78 is 0. The number of nitrogen functional groups attached to an aromatic ring is 1. The summed E-state index contributed by atoms with van der Waals surface area (Å²) >= 11 is 0. The van der Waals surface area contributed by atoms with E-state index >= 15 is 0 Å². The molecule has 0 spiro atoms. The number of aryl methyl sites for hydroxylation is 1. The number of nitrogens with one attached hydrogen (secondary N) is 2. The zero-order chi connectivity index (χ0) is 19.0. The Morgan fingerprint density at radius 1 is 1.48 bits per heavy atom. The molecular formula is C17H28N6O2. The largest absolute Gasteiger partial charge is 0.389 e. The van der Waals surface area contributed by atoms with Crippen LogP contribution in [0.25, 0.3) is 0 Å². The monoisotopic (exact) mass is 348 g/mol. The predicted octanol–water partition coefficient (Wildman–Crippen LogP) is 1.72. The molecule has 8 nitrogen and oxygen atoms in total. The van der Waals surface area contributed by atoms with Gasteiger partial charge < -0.3 is 21.5 Å². The molecule has 0 unspecified atom stereocenters. The molecule has 0 saturated heterocycles. The Balaban J connectivity index is 3.06. The number of allylic oxidation sites excluding steroid dienone is 1. The second-order valence-electron chi connectivity index (χ2n) is 6.39. The first-order valence-electron chi connectivity index (χ1n) is 8.23. The average molecular weight is 348 g/mol. The summed E-state index contributed by atoms with van der Waals surface area (Å²) in [4.78, 5) is 25.0. The van der Waals surface area contributed by atoms with Gasteiger partial charge in [0.2, 0.25) is 11.9 Å². The van der Waals surface area contributed by atoms with E-state index in [1.165, 1.54) is 6.21 Å². The highest BCUT2D eigenvalue weighted by Crippen LogP contribution is 2.27. The number of anilines is 2. The third kappa shape index (κ3) is 6.88. The Bertz CT molecular complexity index is 637. The summed E-state index contributed by atoms with van der Waals surface area (Å²) in [6.07, 6.45) is 4.44. The number of aliphatic hydroxyl groups is 1. The van der Waals surface area contributed by atoms with Crippen LogP contribution in [0, 0.1) is 6.92 Å². The van der Waals surface area contributed by atoms with Gasteiger partial charge in [0.25, 0.3) is 0 Å². The van der Waals surface area contributed by atoms with Crippen molar-refractivity contribution in [3.05, 3.63) is 18.3 Å². The van der Waals surface area contributed by atoms with Gasteiger partial charge in [-0.2, -0.15) is 4.98 Å². The Labute approximate surface area is 148 Å². The minimum absolute atomic E-state index is 0.102. The zero-order valence-corrected chi connectivity index (χ0v) is 15.3. The molecule has 0 aromatic carbocycles. The van der Waals surface area contributed by atoms with Crippen LogP contribution in [0.15, 0.2) is 17.6 Å². The number of aliphatic imine (C=N–C) groups is 1. The number of nitrogens with two attached hydrogens (primary N) is 1. The molecule has 0 aliphatic carbocycles. The molecule has 0 radical (unpaired) electrons. The minimum Gasteiger partial charge on any atom is -0.389 e. The number of rotatable bonds is 9. The molecule has 0 aliphatic rings. The van der Waals surface area contributed by atoms with Crippen molar-refractivity contribution in [3.63, 3.8) is 0 Å². The standard InChI is InChI=1S/C17H28N6O2/c1-6-8-12(15(24)20-10-17(4,5)25)22-14-13(19-9-7-2)11(3)21-16(18)23-14/h7,9,12,25H,2,6,8,10H2,1,3-5H3,(H,20,24)(H3,18,21,22,23)/b19-9-/t12-/m0/s1. The summed E-state index contributed by atoms with van der Waals surface area (Å²) in [5.74, 6) is 0.266. The van der Waals surface area contributed by atoms with Crippen molar-refractivity contribution >= 4 is 29.6 Å². The molecule has 1 heterocycles. The van der Waals surface area contributed by atoms with E-state index in [9.17, 15) is 9.90 Å². The van der Waals surface area contributed by atoms with Crippen LogP contribution in [-0.4, -0.2) is 45.4 Å². The molecule has 1 atom stereocenters. The lowest BCUT2D eigenvalue weighted by Crippen LogP contribution is -2.45. The van der Waals surface area contributed by atoms with Crippen molar-refractivity contribution in [2.45, 2.75) is 52.2 Å². The lowest BCUT2D eigenvalue weighted by atomic mass is 10.1. The summed E-state index contributed by atoms with van der Waals surface area (Å²) in [6.45, 7) is 10.8. The molecule has 5 N–H and O–H groups in total. The number of carbonyl (C=O) groups is 1. The van der Waals surface area contributed by atoms with Crippen LogP contribution in [-0.2, 0) is 4.79 Å². The zero-order valence-electron chi connectivity index (χ0n) is 15.3. The minimum atomic E-state index is -0.984. The Morgan fingerprint density at radius 2 is 2.16 bits per heavy atom. The van der Waals surface area contributed by atoms with Gasteiger partial charge in [0.15, 0.2) is 5.82 Å². The van der Waals surface area contributed by atoms with Gasteiger partial charge in [-0.25, -0.2) is 4.98 Å². The molecule has 8 heteroatoms. The van der Waals surface area contributed by atoms with E-state index in [0.717, 1.165) is 6.42 Å². The second-order valence-corrected chi connectivity index (χ2v) is 6.39. The lowest BCUT2D eigenvalue weighted by molar-refractivity contribution is -0.123. The second kappa shape index (κ2) is 9.12. The highest BCUT2D eigenvalue weighted by molar-refractivity contribution is 5.86. The van der Waals surface area contributed by atoms with Gasteiger partial charge in [0, 0.05) is 12.8 Å². The van der Waals surface area contributed by atoms with Crippen LogP contribution in [0.1, 0.15) is 39.3 Å². The number of amides is 1. The first-order valence-corrected chi connectivity index (χ1v) is 8.23. The summed E-state index contributed by atoms with van der Waals surface area (Å²) in [6, 6.07) is -0.529. The fourth-order valence-corrected chi connectivity index (χ4v) is 2.12. The van der Waals surface area contributed by atoms with Crippen LogP contribution >= 0.6 is 0 Å². The molecule has 1 aromatic rings. The summed E-state index contributed by atoms with van der Waals surface area (Å²) in [5.41, 5.74) is 5.85. The first kappa shape index (κ1) is 20.6. The van der Waals surface area contributed by atoms with Gasteiger partial charge >= 0.3 is 0 Å². The number of hydrogen-bond acceptors (Lipinski definition) is 7. The van der Waals surface area contributed by atoms with E-state index < -0.39 is 11.6 Å². The normalized spacial score (nSPS) is 12.8. The van der Waals surface area contributed by atoms with Crippen molar-refractivity contribution in [1.82, 2.24) is 15.3 Å². The topological polar surface area (TPSA) is 126 Å². The van der Waals surface area contributed by atoms with Gasteiger partial charge in [-0.05, 0) is 27.2 Å². The SMILES string of the molecule is C=C/C=N\c1c(C)nc(N)nc1N[C@@H](CCC)C(=O)NCC(C)(C)O. The quantitative estimate of drug-likeness (QED) is 0.504. The van der Waals surface area contributed by atoms with Gasteiger partial charge in [-0.3, -0.25) is 9.79 Å². The average Bonchev–Trinajstić information content (AvgIpc) is 2.50. The molecule has 0 fully saturated rings. The fourth-order valence-electron chi connectivity index (χ4n) is 2.12. The third-order valence-corrected chi connectivity index (χ3v) is 3.28. The molecule has 1 rings (SSSR count). The van der Waals surface area contributed by atoms with E-state index in [2.05, 4.69) is 32.2 Å². The highest BCUT2D eigenvalue weighted by atomic mass is 16.3. The number of hydrogen-bond donors (Lipinski definition) is 4. The van der Waals surface area contributed by atoms with E-state index in [0.29, 0.717) is 23.6 Å². The fraction of sp³-hybridized carbons (Fsp3) is 0.529. The van der Waals surface area contributed by atoms with Crippen molar-refractivity contribution < 1.29 is 9.90 Å². The maximum Gasteiger partial charge on any atom is 0.242 e. The molecule has 138 valence electrons. The van der Waals surface area contributed by atoms with E-state index in [-0.39, 0.29) is 18.4 Å². The third-order valence-electron chi connectivity index (χ3n) is 3.28. The van der Waals surface area contributed by atoms with Gasteiger partial charge in [-0.1, -0.05) is 26.0 Å². The van der Waals surface area contributed by atoms with Crippen LogP contribution in [0.2, 0.25) is 0 Å². The van der Waals surface area contributed by atoms with Crippen LogP contribution in [0.4, 0.5) is 17.5 Å². The summed E-state index contributed by atoms with van der Waals surface area (Å²) in [7, 11) is 0. The van der Waals surface area contributed by atoms with Crippen LogP contribution < -0.4 is 16.4 Å².